The standard InChI is InChI=1S/C18H36O.C2H5FO.C2H6O/c1-2-3-4-5-6-7-8-9-10-11-12-13-14-15-16-18-17-19-18;1-2(3)4;1-3-2/h18H,2-17H2,1H3;2,4H,1H3;1-2H3. The van der Waals surface area contributed by atoms with Crippen LogP contribution >= 0.6 is 0 Å². The number of methoxy groups -OCH3 is 1. The Labute approximate surface area is 163 Å². The lowest BCUT2D eigenvalue weighted by atomic mass is 10.0. The van der Waals surface area contributed by atoms with Gasteiger partial charge >= 0.3 is 0 Å². The first kappa shape index (κ1) is 28.0. The fraction of sp³-hybridized carbons (Fsp3) is 1.00. The Hall–Kier alpha value is -0.190. The van der Waals surface area contributed by atoms with Crippen LogP contribution < -0.4 is 0 Å². The van der Waals surface area contributed by atoms with Gasteiger partial charge in [0, 0.05) is 14.2 Å². The summed E-state index contributed by atoms with van der Waals surface area (Å²) in [7, 11) is 3.25. The molecule has 0 spiro atoms. The maximum atomic E-state index is 10.6. The molecule has 1 fully saturated rings. The third-order valence-electron chi connectivity index (χ3n) is 4.28. The first-order valence-electron chi connectivity index (χ1n) is 10.9. The second-order valence-electron chi connectivity index (χ2n) is 7.32. The highest BCUT2D eigenvalue weighted by Crippen LogP contribution is 2.18. The summed E-state index contributed by atoms with van der Waals surface area (Å²) in [4.78, 5) is 0. The lowest BCUT2D eigenvalue weighted by molar-refractivity contribution is 0.0607. The molecule has 1 aliphatic heterocycles. The summed E-state index contributed by atoms with van der Waals surface area (Å²) in [6.07, 6.45) is 20.6. The van der Waals surface area contributed by atoms with Crippen LogP contribution in [0.1, 0.15) is 110 Å². The van der Waals surface area contributed by atoms with E-state index in [1.54, 1.807) is 14.2 Å². The molecule has 4 heteroatoms. The van der Waals surface area contributed by atoms with Gasteiger partial charge in [-0.15, -0.1) is 0 Å². The van der Waals surface area contributed by atoms with Crippen LogP contribution in [0.25, 0.3) is 0 Å². The van der Waals surface area contributed by atoms with E-state index < -0.39 is 6.36 Å². The number of hydrogen-bond acceptors (Lipinski definition) is 3. The number of aliphatic hydroxyl groups is 1. The number of halogens is 1. The van der Waals surface area contributed by atoms with Gasteiger partial charge in [-0.05, 0) is 13.3 Å². The Kier molecular flexibility index (Phi) is 26.7. The third-order valence-corrected chi connectivity index (χ3v) is 4.28. The van der Waals surface area contributed by atoms with Gasteiger partial charge in [-0.25, -0.2) is 4.39 Å². The van der Waals surface area contributed by atoms with E-state index in [0.717, 1.165) is 13.5 Å². The van der Waals surface area contributed by atoms with Gasteiger partial charge in [0.15, 0.2) is 6.36 Å². The van der Waals surface area contributed by atoms with Crippen LogP contribution in [0.4, 0.5) is 4.39 Å². The van der Waals surface area contributed by atoms with Crippen molar-refractivity contribution in [3.8, 4) is 0 Å². The number of unbranched alkanes of at least 4 members (excludes halogenated alkanes) is 13. The Morgan fingerprint density at radius 2 is 1.12 bits per heavy atom. The summed E-state index contributed by atoms with van der Waals surface area (Å²) in [5, 5.41) is 7.39. The summed E-state index contributed by atoms with van der Waals surface area (Å²) in [6, 6.07) is 0. The highest BCUT2D eigenvalue weighted by Gasteiger charge is 2.20. The zero-order chi connectivity index (χ0) is 19.9. The van der Waals surface area contributed by atoms with Crippen molar-refractivity contribution in [1.82, 2.24) is 0 Å². The molecule has 1 N–H and O–H groups in total. The minimum Gasteiger partial charge on any atom is -0.388 e. The average molecular weight is 379 g/mol. The lowest BCUT2D eigenvalue weighted by Gasteiger charge is -2.03. The molecule has 3 nitrogen and oxygen atoms in total. The molecule has 0 aromatic heterocycles. The molecule has 0 aromatic carbocycles. The number of alkyl halides is 1. The Morgan fingerprint density at radius 1 is 0.846 bits per heavy atom. The normalized spacial score (nSPS) is 16.2. The highest BCUT2D eigenvalue weighted by molar-refractivity contribution is 4.68. The molecule has 1 heterocycles. The van der Waals surface area contributed by atoms with Gasteiger partial charge in [-0.3, -0.25) is 0 Å². The van der Waals surface area contributed by atoms with Crippen LogP contribution in [0.5, 0.6) is 0 Å². The molecule has 160 valence electrons. The number of ether oxygens (including phenoxy) is 2. The van der Waals surface area contributed by atoms with E-state index in [9.17, 15) is 4.39 Å². The van der Waals surface area contributed by atoms with Gasteiger partial charge in [0.25, 0.3) is 0 Å². The summed E-state index contributed by atoms with van der Waals surface area (Å²) in [5.41, 5.74) is 0. The molecular formula is C22H47FO3. The molecule has 2 atom stereocenters. The Bertz CT molecular complexity index is 231. The molecule has 0 aliphatic carbocycles. The smallest absolute Gasteiger partial charge is 0.193 e. The van der Waals surface area contributed by atoms with Crippen molar-refractivity contribution in [3.05, 3.63) is 0 Å². The zero-order valence-electron chi connectivity index (χ0n) is 18.1. The topological polar surface area (TPSA) is 42.0 Å². The molecule has 0 bridgehead atoms. The first-order chi connectivity index (χ1) is 12.6. The summed E-state index contributed by atoms with van der Waals surface area (Å²) in [6.45, 7) is 4.39. The van der Waals surface area contributed by atoms with E-state index in [1.165, 1.54) is 96.3 Å². The molecular weight excluding hydrogens is 331 g/mol. The SMILES string of the molecule is CC(O)F.CCCCCCCCCCCCCCCCC1CO1.COC. The Morgan fingerprint density at radius 3 is 1.38 bits per heavy atom. The maximum absolute atomic E-state index is 10.6. The maximum Gasteiger partial charge on any atom is 0.193 e. The molecule has 1 aliphatic rings. The van der Waals surface area contributed by atoms with Crippen molar-refractivity contribution in [2.24, 2.45) is 0 Å². The molecule has 0 saturated carbocycles. The van der Waals surface area contributed by atoms with Gasteiger partial charge in [0.2, 0.25) is 0 Å². The van der Waals surface area contributed by atoms with Gasteiger partial charge in [0.05, 0.1) is 12.7 Å². The van der Waals surface area contributed by atoms with Crippen LogP contribution in [-0.4, -0.2) is 38.4 Å². The van der Waals surface area contributed by atoms with Gasteiger partial charge in [-0.1, -0.05) is 96.8 Å². The van der Waals surface area contributed by atoms with Crippen LogP contribution in [0.3, 0.4) is 0 Å². The predicted molar refractivity (Wildman–Crippen MR) is 110 cm³/mol. The molecule has 0 aromatic rings. The molecule has 1 saturated heterocycles. The zero-order valence-corrected chi connectivity index (χ0v) is 18.1. The first-order valence-corrected chi connectivity index (χ1v) is 10.9. The van der Waals surface area contributed by atoms with E-state index >= 15 is 0 Å². The third kappa shape index (κ3) is 35.0. The highest BCUT2D eigenvalue weighted by atomic mass is 19.1. The fourth-order valence-electron chi connectivity index (χ4n) is 2.80. The second-order valence-corrected chi connectivity index (χ2v) is 7.32. The van der Waals surface area contributed by atoms with Crippen molar-refractivity contribution in [2.45, 2.75) is 123 Å². The van der Waals surface area contributed by atoms with E-state index in [4.69, 9.17) is 9.84 Å². The van der Waals surface area contributed by atoms with Crippen LogP contribution in [-0.2, 0) is 9.47 Å². The minimum atomic E-state index is -1.67. The van der Waals surface area contributed by atoms with Gasteiger partial charge < -0.3 is 14.6 Å². The lowest BCUT2D eigenvalue weighted by Crippen LogP contribution is -1.86. The average Bonchev–Trinajstić information content (AvgIpc) is 3.40. The van der Waals surface area contributed by atoms with E-state index in [1.807, 2.05) is 0 Å². The number of rotatable bonds is 15. The predicted octanol–water partition coefficient (Wildman–Crippen LogP) is 6.81. The largest absolute Gasteiger partial charge is 0.388 e. The van der Waals surface area contributed by atoms with Crippen molar-refractivity contribution in [3.63, 3.8) is 0 Å². The van der Waals surface area contributed by atoms with Gasteiger partial charge in [-0.2, -0.15) is 0 Å². The quantitative estimate of drug-likeness (QED) is 0.251. The van der Waals surface area contributed by atoms with Crippen LogP contribution in [0.15, 0.2) is 0 Å². The minimum absolute atomic E-state index is 0.650. The summed E-state index contributed by atoms with van der Waals surface area (Å²) in [5.74, 6) is 0. The van der Waals surface area contributed by atoms with E-state index in [2.05, 4.69) is 11.7 Å². The van der Waals surface area contributed by atoms with Crippen LogP contribution in [0.2, 0.25) is 0 Å². The van der Waals surface area contributed by atoms with Crippen molar-refractivity contribution < 1.29 is 19.0 Å². The van der Waals surface area contributed by atoms with E-state index in [-0.39, 0.29) is 0 Å². The number of hydrogen-bond donors (Lipinski definition) is 1. The van der Waals surface area contributed by atoms with Crippen molar-refractivity contribution >= 4 is 0 Å². The van der Waals surface area contributed by atoms with Gasteiger partial charge in [0.1, 0.15) is 0 Å². The van der Waals surface area contributed by atoms with E-state index in [0.29, 0.717) is 6.10 Å². The molecule has 2 unspecified atom stereocenters. The number of aliphatic hydroxyl groups excluding tert-OH is 1. The molecule has 0 radical (unpaired) electrons. The fourth-order valence-corrected chi connectivity index (χ4v) is 2.80. The van der Waals surface area contributed by atoms with Crippen molar-refractivity contribution in [1.29, 1.82) is 0 Å². The monoisotopic (exact) mass is 378 g/mol. The molecule has 0 amide bonds. The second kappa shape index (κ2) is 24.8. The molecule has 26 heavy (non-hydrogen) atoms. The summed E-state index contributed by atoms with van der Waals surface area (Å²) >= 11 is 0. The number of epoxide rings is 1. The molecule has 1 rings (SSSR count). The Balaban J connectivity index is 0. The van der Waals surface area contributed by atoms with Crippen molar-refractivity contribution in [2.75, 3.05) is 20.8 Å². The van der Waals surface area contributed by atoms with Crippen LogP contribution in [0, 0.1) is 0 Å². The summed E-state index contributed by atoms with van der Waals surface area (Å²) < 4.78 is 20.0.